The van der Waals surface area contributed by atoms with E-state index >= 15 is 0 Å². The molecule has 1 saturated heterocycles. The minimum Gasteiger partial charge on any atom is -0.330 e. The highest BCUT2D eigenvalue weighted by Gasteiger charge is 2.20. The predicted octanol–water partition coefficient (Wildman–Crippen LogP) is 3.54. The number of hydrogen-bond acceptors (Lipinski definition) is 2. The molecule has 0 unspecified atom stereocenters. The quantitative estimate of drug-likeness (QED) is 0.839. The first-order chi connectivity index (χ1) is 9.20. The molecule has 2 nitrogen and oxygen atoms in total. The molecule has 1 aliphatic heterocycles. The summed E-state index contributed by atoms with van der Waals surface area (Å²) in [4.78, 5) is 2.42. The van der Waals surface area contributed by atoms with Gasteiger partial charge in [-0.1, -0.05) is 28.1 Å². The van der Waals surface area contributed by atoms with Crippen molar-refractivity contribution >= 4 is 15.9 Å². The van der Waals surface area contributed by atoms with Crippen LogP contribution in [-0.4, -0.2) is 31.6 Å². The van der Waals surface area contributed by atoms with Crippen LogP contribution in [0.25, 0.3) is 0 Å². The zero-order chi connectivity index (χ0) is 13.7. The molecule has 19 heavy (non-hydrogen) atoms. The summed E-state index contributed by atoms with van der Waals surface area (Å²) in [6, 6.07) is 6.94. The van der Waals surface area contributed by atoms with Crippen LogP contribution in [0.15, 0.2) is 22.7 Å². The predicted molar refractivity (Wildman–Crippen MR) is 85.6 cm³/mol. The summed E-state index contributed by atoms with van der Waals surface area (Å²) in [5.74, 6) is 0.726. The Morgan fingerprint density at radius 1 is 1.26 bits per heavy atom. The van der Waals surface area contributed by atoms with Gasteiger partial charge in [0.05, 0.1) is 0 Å². The number of hydrogen-bond donors (Lipinski definition) is 1. The van der Waals surface area contributed by atoms with Gasteiger partial charge in [-0.15, -0.1) is 0 Å². The van der Waals surface area contributed by atoms with Crippen LogP contribution in [0, 0.1) is 0 Å². The van der Waals surface area contributed by atoms with Crippen molar-refractivity contribution in [3.05, 3.63) is 33.8 Å². The van der Waals surface area contributed by atoms with Crippen LogP contribution in [-0.2, 0) is 6.42 Å². The fraction of sp³-hybridized carbons (Fsp3) is 0.625. The molecule has 0 aromatic heterocycles. The number of aryl methyl sites for hydroxylation is 1. The minimum absolute atomic E-state index is 0.726. The maximum atomic E-state index is 5.54. The van der Waals surface area contributed by atoms with Crippen LogP contribution in [0.4, 0.5) is 0 Å². The van der Waals surface area contributed by atoms with E-state index in [0.29, 0.717) is 0 Å². The van der Waals surface area contributed by atoms with Crippen LogP contribution in [0.1, 0.15) is 42.7 Å². The molecule has 0 amide bonds. The monoisotopic (exact) mass is 324 g/mol. The summed E-state index contributed by atoms with van der Waals surface area (Å²) in [5, 5.41) is 0. The number of rotatable bonds is 5. The first kappa shape index (κ1) is 15.0. The van der Waals surface area contributed by atoms with Gasteiger partial charge >= 0.3 is 0 Å². The van der Waals surface area contributed by atoms with Crippen molar-refractivity contribution in [2.24, 2.45) is 5.73 Å². The number of likely N-dealkylation sites (tertiary alicyclic amines) is 1. The molecule has 1 aliphatic rings. The highest BCUT2D eigenvalue weighted by molar-refractivity contribution is 9.10. The topological polar surface area (TPSA) is 29.3 Å². The van der Waals surface area contributed by atoms with Gasteiger partial charge in [-0.2, -0.15) is 0 Å². The third kappa shape index (κ3) is 4.30. The third-order valence-corrected chi connectivity index (χ3v) is 4.83. The van der Waals surface area contributed by atoms with E-state index in [4.69, 9.17) is 5.73 Å². The zero-order valence-corrected chi connectivity index (χ0v) is 13.5. The number of benzene rings is 1. The van der Waals surface area contributed by atoms with Gasteiger partial charge in [0.25, 0.3) is 0 Å². The van der Waals surface area contributed by atoms with Crippen LogP contribution in [0.2, 0.25) is 0 Å². The third-order valence-electron chi connectivity index (χ3n) is 4.14. The van der Waals surface area contributed by atoms with E-state index in [1.54, 1.807) is 0 Å². The van der Waals surface area contributed by atoms with E-state index in [1.807, 2.05) is 0 Å². The molecule has 3 heteroatoms. The molecule has 106 valence electrons. The molecule has 0 bridgehead atoms. The smallest absolute Gasteiger partial charge is 0.0212 e. The van der Waals surface area contributed by atoms with Crippen molar-refractivity contribution < 1.29 is 0 Å². The van der Waals surface area contributed by atoms with Gasteiger partial charge < -0.3 is 10.6 Å². The molecule has 1 fully saturated rings. The maximum Gasteiger partial charge on any atom is 0.0212 e. The lowest BCUT2D eigenvalue weighted by atomic mass is 9.89. The summed E-state index contributed by atoms with van der Waals surface area (Å²) in [6.07, 6.45) is 6.01. The van der Waals surface area contributed by atoms with E-state index in [-0.39, 0.29) is 0 Å². The van der Waals surface area contributed by atoms with Gasteiger partial charge in [-0.3, -0.25) is 0 Å². The molecule has 0 spiro atoms. The number of piperidine rings is 1. The van der Waals surface area contributed by atoms with Crippen LogP contribution in [0.5, 0.6) is 0 Å². The van der Waals surface area contributed by atoms with Crippen molar-refractivity contribution in [3.63, 3.8) is 0 Å². The van der Waals surface area contributed by atoms with Crippen molar-refractivity contribution in [2.45, 2.75) is 38.0 Å². The Morgan fingerprint density at radius 2 is 2.00 bits per heavy atom. The summed E-state index contributed by atoms with van der Waals surface area (Å²) < 4.78 is 1.30. The van der Waals surface area contributed by atoms with E-state index in [1.165, 1.54) is 48.0 Å². The minimum atomic E-state index is 0.726. The second-order valence-electron chi connectivity index (χ2n) is 5.68. The van der Waals surface area contributed by atoms with E-state index in [2.05, 4.69) is 46.1 Å². The molecule has 0 atom stereocenters. The van der Waals surface area contributed by atoms with Gasteiger partial charge in [0.15, 0.2) is 0 Å². The van der Waals surface area contributed by atoms with E-state index in [0.717, 1.165) is 25.3 Å². The lowest BCUT2D eigenvalue weighted by Gasteiger charge is -2.29. The summed E-state index contributed by atoms with van der Waals surface area (Å²) in [7, 11) is 2.21. The van der Waals surface area contributed by atoms with E-state index in [9.17, 15) is 0 Å². The molecule has 0 saturated carbocycles. The average molecular weight is 325 g/mol. The van der Waals surface area contributed by atoms with Crippen LogP contribution < -0.4 is 5.73 Å². The largest absolute Gasteiger partial charge is 0.330 e. The molecule has 2 rings (SSSR count). The normalized spacial score (nSPS) is 17.8. The fourth-order valence-electron chi connectivity index (χ4n) is 2.85. The first-order valence-electron chi connectivity index (χ1n) is 7.37. The van der Waals surface area contributed by atoms with Crippen molar-refractivity contribution in [1.82, 2.24) is 4.90 Å². The highest BCUT2D eigenvalue weighted by Crippen LogP contribution is 2.33. The van der Waals surface area contributed by atoms with Gasteiger partial charge in [-0.25, -0.2) is 0 Å². The molecule has 0 radical (unpaired) electrons. The maximum absolute atomic E-state index is 5.54. The van der Waals surface area contributed by atoms with Crippen LogP contribution in [0.3, 0.4) is 0 Å². The Balaban J connectivity index is 1.98. The number of nitrogens with zero attached hydrogens (tertiary/aromatic N) is 1. The standard InChI is InChI=1S/C16H25BrN2/c1-19-10-7-14(8-11-19)15-6-5-13(12-16(15)17)4-2-3-9-18/h5-6,12,14H,2-4,7-11,18H2,1H3. The van der Waals surface area contributed by atoms with Gasteiger partial charge in [-0.05, 0) is 81.9 Å². The summed E-state index contributed by atoms with van der Waals surface area (Å²) >= 11 is 3.77. The Kier molecular flexibility index (Phi) is 5.86. The molecule has 1 aromatic rings. The first-order valence-corrected chi connectivity index (χ1v) is 8.17. The van der Waals surface area contributed by atoms with E-state index < -0.39 is 0 Å². The number of nitrogens with two attached hydrogens (primary N) is 1. The van der Waals surface area contributed by atoms with Crippen molar-refractivity contribution in [2.75, 3.05) is 26.7 Å². The number of halogens is 1. The Labute approximate surface area is 125 Å². The molecule has 1 heterocycles. The SMILES string of the molecule is CN1CCC(c2ccc(CCCCN)cc2Br)CC1. The average Bonchev–Trinajstić information content (AvgIpc) is 2.41. The Hall–Kier alpha value is -0.380. The lowest BCUT2D eigenvalue weighted by molar-refractivity contribution is 0.255. The Morgan fingerprint density at radius 3 is 2.63 bits per heavy atom. The fourth-order valence-corrected chi connectivity index (χ4v) is 3.60. The van der Waals surface area contributed by atoms with Gasteiger partial charge in [0, 0.05) is 4.47 Å². The lowest BCUT2D eigenvalue weighted by Crippen LogP contribution is -2.29. The van der Waals surface area contributed by atoms with Gasteiger partial charge in [0.2, 0.25) is 0 Å². The molecular formula is C16H25BrN2. The molecular weight excluding hydrogens is 300 g/mol. The summed E-state index contributed by atoms with van der Waals surface area (Å²) in [5.41, 5.74) is 8.47. The summed E-state index contributed by atoms with van der Waals surface area (Å²) in [6.45, 7) is 3.24. The number of unbranched alkanes of at least 4 members (excludes halogenated alkanes) is 1. The van der Waals surface area contributed by atoms with Crippen molar-refractivity contribution in [1.29, 1.82) is 0 Å². The second-order valence-corrected chi connectivity index (χ2v) is 6.53. The molecule has 0 aliphatic carbocycles. The van der Waals surface area contributed by atoms with Crippen molar-refractivity contribution in [3.8, 4) is 0 Å². The van der Waals surface area contributed by atoms with Crippen LogP contribution >= 0.6 is 15.9 Å². The molecule has 2 N–H and O–H groups in total. The zero-order valence-electron chi connectivity index (χ0n) is 11.9. The highest BCUT2D eigenvalue weighted by atomic mass is 79.9. The van der Waals surface area contributed by atoms with Gasteiger partial charge in [0.1, 0.15) is 0 Å². The molecule has 1 aromatic carbocycles. The Bertz CT molecular complexity index is 398. The second kappa shape index (κ2) is 7.41.